The van der Waals surface area contributed by atoms with Crippen LogP contribution in [0.4, 0.5) is 0 Å². The quantitative estimate of drug-likeness (QED) is 0.835. The summed E-state index contributed by atoms with van der Waals surface area (Å²) < 4.78 is 33.5. The molecule has 21 heavy (non-hydrogen) atoms. The van der Waals surface area contributed by atoms with Crippen LogP contribution < -0.4 is 10.0 Å². The van der Waals surface area contributed by atoms with E-state index >= 15 is 0 Å². The summed E-state index contributed by atoms with van der Waals surface area (Å²) in [4.78, 5) is 1.07. The van der Waals surface area contributed by atoms with Gasteiger partial charge in [-0.1, -0.05) is 0 Å². The van der Waals surface area contributed by atoms with Gasteiger partial charge in [-0.15, -0.1) is 11.3 Å². The maximum absolute atomic E-state index is 12.4. The molecule has 0 amide bonds. The van der Waals surface area contributed by atoms with Gasteiger partial charge in [0.25, 0.3) is 0 Å². The lowest BCUT2D eigenvalue weighted by molar-refractivity contribution is 0.0173. The summed E-state index contributed by atoms with van der Waals surface area (Å²) in [5.74, 6) is 0. The first-order valence-corrected chi connectivity index (χ1v) is 9.79. The van der Waals surface area contributed by atoms with E-state index in [1.807, 2.05) is 13.0 Å². The van der Waals surface area contributed by atoms with Gasteiger partial charge in [0, 0.05) is 30.1 Å². The molecule has 0 radical (unpaired) electrons. The molecule has 5 nitrogen and oxygen atoms in total. The Morgan fingerprint density at radius 2 is 2.10 bits per heavy atom. The topological polar surface area (TPSA) is 67.4 Å². The Balaban J connectivity index is 1.60. The van der Waals surface area contributed by atoms with Crippen molar-refractivity contribution in [1.29, 1.82) is 0 Å². The molecular formula is C14H22N2O3S2. The van der Waals surface area contributed by atoms with Gasteiger partial charge in [-0.05, 0) is 44.7 Å². The van der Waals surface area contributed by atoms with Crippen molar-refractivity contribution >= 4 is 21.4 Å². The fraction of sp³-hybridized carbons (Fsp3) is 0.714. The van der Waals surface area contributed by atoms with Gasteiger partial charge >= 0.3 is 0 Å². The summed E-state index contributed by atoms with van der Waals surface area (Å²) >= 11 is 1.35. The fourth-order valence-corrected chi connectivity index (χ4v) is 5.12. The molecule has 1 aromatic rings. The highest BCUT2D eigenvalue weighted by Gasteiger charge is 2.26. The Labute approximate surface area is 130 Å². The zero-order valence-electron chi connectivity index (χ0n) is 12.2. The van der Waals surface area contributed by atoms with Gasteiger partial charge in [0.1, 0.15) is 4.21 Å². The summed E-state index contributed by atoms with van der Waals surface area (Å²) in [5, 5.41) is 3.40. The predicted molar refractivity (Wildman–Crippen MR) is 82.9 cm³/mol. The first-order valence-electron chi connectivity index (χ1n) is 7.49. The molecule has 0 aromatic carbocycles. The average molecular weight is 330 g/mol. The van der Waals surface area contributed by atoms with Crippen LogP contribution >= 0.6 is 11.3 Å². The van der Waals surface area contributed by atoms with Crippen LogP contribution in [0.3, 0.4) is 0 Å². The van der Waals surface area contributed by atoms with Crippen molar-refractivity contribution in [3.05, 3.63) is 17.0 Å². The van der Waals surface area contributed by atoms with E-state index in [1.165, 1.54) is 24.2 Å². The van der Waals surface area contributed by atoms with E-state index in [0.717, 1.165) is 24.3 Å². The third-order valence-corrected chi connectivity index (χ3v) is 6.95. The Bertz CT molecular complexity index is 581. The van der Waals surface area contributed by atoms with E-state index in [2.05, 4.69) is 10.0 Å². The molecule has 1 aromatic heterocycles. The number of hydrogen-bond acceptors (Lipinski definition) is 5. The minimum Gasteiger partial charge on any atom is -0.378 e. The molecule has 2 atom stereocenters. The standard InChI is InChI=1S/C14H22N2O3S2/c1-10-8-12(6-7-19-10)16-21(17,18)14-5-4-13(20-14)9-15-11-2-3-11/h4-5,10-12,15-16H,2-3,6-9H2,1H3. The summed E-state index contributed by atoms with van der Waals surface area (Å²) in [6.07, 6.45) is 4.07. The third-order valence-electron chi connectivity index (χ3n) is 3.85. The largest absolute Gasteiger partial charge is 0.378 e. The van der Waals surface area contributed by atoms with Gasteiger partial charge < -0.3 is 10.1 Å². The van der Waals surface area contributed by atoms with Crippen LogP contribution in [-0.4, -0.2) is 33.2 Å². The minimum atomic E-state index is -3.40. The average Bonchev–Trinajstić information content (AvgIpc) is 3.12. The smallest absolute Gasteiger partial charge is 0.250 e. The zero-order chi connectivity index (χ0) is 14.9. The lowest BCUT2D eigenvalue weighted by atomic mass is 10.1. The van der Waals surface area contributed by atoms with Gasteiger partial charge in [0.15, 0.2) is 0 Å². The lowest BCUT2D eigenvalue weighted by Gasteiger charge is -2.27. The molecule has 0 spiro atoms. The van der Waals surface area contributed by atoms with E-state index < -0.39 is 10.0 Å². The number of ether oxygens (including phenoxy) is 1. The van der Waals surface area contributed by atoms with Crippen molar-refractivity contribution in [3.63, 3.8) is 0 Å². The second kappa shape index (κ2) is 6.34. The number of nitrogens with one attached hydrogen (secondary N) is 2. The van der Waals surface area contributed by atoms with E-state index in [0.29, 0.717) is 16.9 Å². The summed E-state index contributed by atoms with van der Waals surface area (Å²) in [5.41, 5.74) is 0. The van der Waals surface area contributed by atoms with Crippen LogP contribution in [0.5, 0.6) is 0 Å². The van der Waals surface area contributed by atoms with Crippen LogP contribution in [0, 0.1) is 0 Å². The van der Waals surface area contributed by atoms with E-state index in [4.69, 9.17) is 4.74 Å². The summed E-state index contributed by atoms with van der Waals surface area (Å²) in [7, 11) is -3.40. The van der Waals surface area contributed by atoms with Crippen LogP contribution in [-0.2, 0) is 21.3 Å². The van der Waals surface area contributed by atoms with E-state index in [-0.39, 0.29) is 12.1 Å². The Hall–Kier alpha value is -0.470. The SMILES string of the molecule is CC1CC(NS(=O)(=O)c2ccc(CNC3CC3)s2)CCO1. The first kappa shape index (κ1) is 15.4. The minimum absolute atomic E-state index is 0.0195. The number of sulfonamides is 1. The van der Waals surface area contributed by atoms with E-state index in [9.17, 15) is 8.42 Å². The molecule has 2 N–H and O–H groups in total. The van der Waals surface area contributed by atoms with E-state index in [1.54, 1.807) is 6.07 Å². The molecule has 1 saturated heterocycles. The fourth-order valence-electron chi connectivity index (χ4n) is 2.51. The highest BCUT2D eigenvalue weighted by molar-refractivity contribution is 7.91. The zero-order valence-corrected chi connectivity index (χ0v) is 13.8. The van der Waals surface area contributed by atoms with Gasteiger partial charge in [0.2, 0.25) is 10.0 Å². The van der Waals surface area contributed by atoms with Gasteiger partial charge in [-0.25, -0.2) is 13.1 Å². The van der Waals surface area contributed by atoms with Crippen molar-refractivity contribution in [2.24, 2.45) is 0 Å². The van der Waals surface area contributed by atoms with Gasteiger partial charge in [0.05, 0.1) is 6.10 Å². The second-order valence-corrected chi connectivity index (χ2v) is 9.01. The monoisotopic (exact) mass is 330 g/mol. The van der Waals surface area contributed by atoms with Crippen molar-refractivity contribution in [3.8, 4) is 0 Å². The maximum Gasteiger partial charge on any atom is 0.250 e. The molecule has 0 bridgehead atoms. The predicted octanol–water partition coefficient (Wildman–Crippen LogP) is 1.85. The second-order valence-electron chi connectivity index (χ2n) is 5.90. The van der Waals surface area contributed by atoms with Crippen LogP contribution in [0.25, 0.3) is 0 Å². The Morgan fingerprint density at radius 3 is 2.81 bits per heavy atom. The number of hydrogen-bond donors (Lipinski definition) is 2. The normalized spacial score (nSPS) is 26.9. The lowest BCUT2D eigenvalue weighted by Crippen LogP contribution is -2.40. The molecule has 7 heteroatoms. The molecule has 2 unspecified atom stereocenters. The summed E-state index contributed by atoms with van der Waals surface area (Å²) in [6, 6.07) is 4.23. The Kier molecular flexibility index (Phi) is 4.66. The summed E-state index contributed by atoms with van der Waals surface area (Å²) in [6.45, 7) is 3.36. The van der Waals surface area contributed by atoms with Crippen LogP contribution in [0.15, 0.2) is 16.3 Å². The van der Waals surface area contributed by atoms with Crippen molar-refractivity contribution in [2.75, 3.05) is 6.61 Å². The maximum atomic E-state index is 12.4. The van der Waals surface area contributed by atoms with Gasteiger partial charge in [-0.3, -0.25) is 0 Å². The molecule has 118 valence electrons. The van der Waals surface area contributed by atoms with Crippen LogP contribution in [0.1, 0.15) is 37.5 Å². The Morgan fingerprint density at radius 1 is 1.29 bits per heavy atom. The molecule has 2 aliphatic rings. The molecule has 2 heterocycles. The number of rotatable bonds is 6. The van der Waals surface area contributed by atoms with Gasteiger partial charge in [-0.2, -0.15) is 0 Å². The number of thiophene rings is 1. The van der Waals surface area contributed by atoms with Crippen molar-refractivity contribution in [2.45, 2.75) is 61.5 Å². The highest BCUT2D eigenvalue weighted by Crippen LogP contribution is 2.25. The highest BCUT2D eigenvalue weighted by atomic mass is 32.2. The molecule has 1 aliphatic heterocycles. The van der Waals surface area contributed by atoms with Crippen molar-refractivity contribution < 1.29 is 13.2 Å². The molecule has 3 rings (SSSR count). The van der Waals surface area contributed by atoms with Crippen molar-refractivity contribution in [1.82, 2.24) is 10.0 Å². The first-order chi connectivity index (χ1) is 10.0. The molecule has 1 aliphatic carbocycles. The van der Waals surface area contributed by atoms with Crippen LogP contribution in [0.2, 0.25) is 0 Å². The molecule has 2 fully saturated rings. The molecular weight excluding hydrogens is 308 g/mol. The molecule has 1 saturated carbocycles. The third kappa shape index (κ3) is 4.26.